The fraction of sp³-hybridized carbons (Fsp3) is 0.0667. The Morgan fingerprint density at radius 3 is 2.33 bits per heavy atom. The van der Waals surface area contributed by atoms with Gasteiger partial charge in [-0.05, 0) is 48.9 Å². The molecule has 21 heavy (non-hydrogen) atoms. The minimum Gasteiger partial charge on any atom is -0.507 e. The molecule has 0 aromatic heterocycles. The molecule has 2 aromatic rings. The largest absolute Gasteiger partial charge is 0.507 e. The SMILES string of the molecule is Cc1cc(NC(=O)c2ccc(N)cc2)cc(C(=O)O)c1O. The van der Waals surface area contributed by atoms with Crippen LogP contribution in [-0.4, -0.2) is 22.1 Å². The van der Waals surface area contributed by atoms with E-state index in [1.54, 1.807) is 31.2 Å². The van der Waals surface area contributed by atoms with Gasteiger partial charge in [0.25, 0.3) is 5.91 Å². The van der Waals surface area contributed by atoms with E-state index in [1.807, 2.05) is 0 Å². The molecule has 0 aliphatic carbocycles. The van der Waals surface area contributed by atoms with Crippen molar-refractivity contribution in [1.29, 1.82) is 0 Å². The number of carbonyl (C=O) groups excluding carboxylic acids is 1. The van der Waals surface area contributed by atoms with E-state index in [0.29, 0.717) is 22.5 Å². The summed E-state index contributed by atoms with van der Waals surface area (Å²) >= 11 is 0. The summed E-state index contributed by atoms with van der Waals surface area (Å²) in [6, 6.07) is 9.03. The zero-order chi connectivity index (χ0) is 15.6. The molecule has 2 aromatic carbocycles. The normalized spacial score (nSPS) is 10.1. The molecule has 0 saturated heterocycles. The number of nitrogens with two attached hydrogens (primary N) is 1. The quantitative estimate of drug-likeness (QED) is 0.510. The van der Waals surface area contributed by atoms with E-state index in [4.69, 9.17) is 10.8 Å². The Morgan fingerprint density at radius 1 is 1.14 bits per heavy atom. The van der Waals surface area contributed by atoms with E-state index in [-0.39, 0.29) is 11.3 Å². The fourth-order valence-corrected chi connectivity index (χ4v) is 1.85. The predicted molar refractivity (Wildman–Crippen MR) is 78.6 cm³/mol. The van der Waals surface area contributed by atoms with Gasteiger partial charge >= 0.3 is 5.97 Å². The van der Waals surface area contributed by atoms with Crippen molar-refractivity contribution in [2.24, 2.45) is 0 Å². The Balaban J connectivity index is 2.29. The molecule has 6 nitrogen and oxygen atoms in total. The molecule has 1 amide bonds. The number of hydrogen-bond acceptors (Lipinski definition) is 4. The molecular formula is C15H14N2O4. The summed E-state index contributed by atoms with van der Waals surface area (Å²) in [6.45, 7) is 1.56. The van der Waals surface area contributed by atoms with Crippen LogP contribution in [0, 0.1) is 6.92 Å². The van der Waals surface area contributed by atoms with Gasteiger partial charge in [-0.3, -0.25) is 4.79 Å². The van der Waals surface area contributed by atoms with E-state index in [1.165, 1.54) is 12.1 Å². The second-order valence-corrected chi connectivity index (χ2v) is 4.57. The number of carboxylic acid groups (broad SMARTS) is 1. The van der Waals surface area contributed by atoms with Crippen LogP contribution in [0.5, 0.6) is 5.75 Å². The first-order valence-corrected chi connectivity index (χ1v) is 6.12. The Morgan fingerprint density at radius 2 is 1.76 bits per heavy atom. The van der Waals surface area contributed by atoms with Gasteiger partial charge in [0.1, 0.15) is 11.3 Å². The highest BCUT2D eigenvalue weighted by atomic mass is 16.4. The minimum absolute atomic E-state index is 0.261. The molecule has 0 atom stereocenters. The average Bonchev–Trinajstić information content (AvgIpc) is 2.43. The van der Waals surface area contributed by atoms with Gasteiger partial charge in [-0.1, -0.05) is 0 Å². The van der Waals surface area contributed by atoms with E-state index in [9.17, 15) is 14.7 Å². The third kappa shape index (κ3) is 3.11. The third-order valence-electron chi connectivity index (χ3n) is 2.96. The van der Waals surface area contributed by atoms with Crippen LogP contribution in [0.4, 0.5) is 11.4 Å². The lowest BCUT2D eigenvalue weighted by molar-refractivity contribution is 0.0693. The van der Waals surface area contributed by atoms with E-state index in [0.717, 1.165) is 0 Å². The fourth-order valence-electron chi connectivity index (χ4n) is 1.85. The molecule has 0 heterocycles. The molecule has 5 N–H and O–H groups in total. The zero-order valence-corrected chi connectivity index (χ0v) is 11.3. The van der Waals surface area contributed by atoms with Crippen molar-refractivity contribution in [2.45, 2.75) is 6.92 Å². The van der Waals surface area contributed by atoms with Crippen LogP contribution in [0.1, 0.15) is 26.3 Å². The highest BCUT2D eigenvalue weighted by Gasteiger charge is 2.15. The van der Waals surface area contributed by atoms with Crippen molar-refractivity contribution < 1.29 is 19.8 Å². The summed E-state index contributed by atoms with van der Waals surface area (Å²) < 4.78 is 0. The van der Waals surface area contributed by atoms with Gasteiger partial charge in [-0.2, -0.15) is 0 Å². The number of aryl methyl sites for hydroxylation is 1. The van der Waals surface area contributed by atoms with Gasteiger partial charge in [0.05, 0.1) is 0 Å². The number of amides is 1. The summed E-state index contributed by atoms with van der Waals surface area (Å²) in [5.41, 5.74) is 6.88. The topological polar surface area (TPSA) is 113 Å². The molecule has 0 fully saturated rings. The predicted octanol–water partition coefficient (Wildman–Crippen LogP) is 2.23. The lowest BCUT2D eigenvalue weighted by Crippen LogP contribution is -2.12. The standard InChI is InChI=1S/C15H14N2O4/c1-8-6-11(7-12(13(8)18)15(20)21)17-14(19)9-2-4-10(16)5-3-9/h2-7,18H,16H2,1H3,(H,17,19)(H,20,21). The Labute approximate surface area is 120 Å². The summed E-state index contributed by atoms with van der Waals surface area (Å²) in [6.07, 6.45) is 0. The highest BCUT2D eigenvalue weighted by molar-refractivity contribution is 6.05. The Kier molecular flexibility index (Phi) is 3.80. The lowest BCUT2D eigenvalue weighted by atomic mass is 10.1. The maximum atomic E-state index is 12.0. The smallest absolute Gasteiger partial charge is 0.339 e. The first-order valence-electron chi connectivity index (χ1n) is 6.12. The highest BCUT2D eigenvalue weighted by Crippen LogP contribution is 2.26. The number of carboxylic acids is 1. The van der Waals surface area contributed by atoms with Gasteiger partial charge in [0, 0.05) is 16.9 Å². The molecule has 6 heteroatoms. The summed E-state index contributed by atoms with van der Waals surface area (Å²) in [5.74, 6) is -1.97. The van der Waals surface area contributed by atoms with E-state index < -0.39 is 11.9 Å². The van der Waals surface area contributed by atoms with Gasteiger partial charge in [0.15, 0.2) is 0 Å². The van der Waals surface area contributed by atoms with Crippen LogP contribution in [0.15, 0.2) is 36.4 Å². The molecule has 0 aliphatic rings. The number of phenols is 1. The van der Waals surface area contributed by atoms with Crippen molar-refractivity contribution >= 4 is 23.3 Å². The number of rotatable bonds is 3. The number of aromatic hydroxyl groups is 1. The second kappa shape index (κ2) is 5.54. The molecular weight excluding hydrogens is 272 g/mol. The number of nitrogens with one attached hydrogen (secondary N) is 1. The van der Waals surface area contributed by atoms with Crippen molar-refractivity contribution in [3.05, 3.63) is 53.1 Å². The molecule has 0 radical (unpaired) electrons. The van der Waals surface area contributed by atoms with Gasteiger partial charge in [0.2, 0.25) is 0 Å². The van der Waals surface area contributed by atoms with E-state index in [2.05, 4.69) is 5.32 Å². The van der Waals surface area contributed by atoms with Crippen molar-refractivity contribution in [3.63, 3.8) is 0 Å². The van der Waals surface area contributed by atoms with Crippen LogP contribution >= 0.6 is 0 Å². The molecule has 2 rings (SSSR count). The van der Waals surface area contributed by atoms with Crippen LogP contribution in [0.3, 0.4) is 0 Å². The number of aromatic carboxylic acids is 1. The van der Waals surface area contributed by atoms with Gasteiger partial charge in [-0.15, -0.1) is 0 Å². The van der Waals surface area contributed by atoms with Crippen molar-refractivity contribution in [3.8, 4) is 5.75 Å². The van der Waals surface area contributed by atoms with Gasteiger partial charge in [-0.25, -0.2) is 4.79 Å². The first kappa shape index (κ1) is 14.4. The summed E-state index contributed by atoms with van der Waals surface area (Å²) in [5, 5.41) is 21.3. The summed E-state index contributed by atoms with van der Waals surface area (Å²) in [4.78, 5) is 23.1. The Bertz CT molecular complexity index is 708. The van der Waals surface area contributed by atoms with Crippen LogP contribution in [0.25, 0.3) is 0 Å². The number of hydrogen-bond donors (Lipinski definition) is 4. The number of nitrogen functional groups attached to an aromatic ring is 1. The molecule has 0 aliphatic heterocycles. The average molecular weight is 286 g/mol. The van der Waals surface area contributed by atoms with Gasteiger partial charge < -0.3 is 21.3 Å². The second-order valence-electron chi connectivity index (χ2n) is 4.57. The number of carbonyl (C=O) groups is 2. The zero-order valence-electron chi connectivity index (χ0n) is 11.3. The minimum atomic E-state index is -1.26. The van der Waals surface area contributed by atoms with Crippen molar-refractivity contribution in [2.75, 3.05) is 11.1 Å². The number of benzene rings is 2. The van der Waals surface area contributed by atoms with E-state index >= 15 is 0 Å². The lowest BCUT2D eigenvalue weighted by Gasteiger charge is -2.10. The third-order valence-corrected chi connectivity index (χ3v) is 2.96. The summed E-state index contributed by atoms with van der Waals surface area (Å²) in [7, 11) is 0. The van der Waals surface area contributed by atoms with Crippen LogP contribution in [-0.2, 0) is 0 Å². The first-order chi connectivity index (χ1) is 9.88. The van der Waals surface area contributed by atoms with Crippen molar-refractivity contribution in [1.82, 2.24) is 0 Å². The maximum Gasteiger partial charge on any atom is 0.339 e. The molecule has 0 saturated carbocycles. The van der Waals surface area contributed by atoms with Crippen LogP contribution in [0.2, 0.25) is 0 Å². The molecule has 0 bridgehead atoms. The van der Waals surface area contributed by atoms with Crippen LogP contribution < -0.4 is 11.1 Å². The molecule has 0 unspecified atom stereocenters. The molecule has 108 valence electrons. The maximum absolute atomic E-state index is 12.0. The molecule has 0 spiro atoms. The Hall–Kier alpha value is -3.02. The number of anilines is 2. The monoisotopic (exact) mass is 286 g/mol.